The highest BCUT2D eigenvalue weighted by Gasteiger charge is 2.52. The van der Waals surface area contributed by atoms with Crippen LogP contribution < -0.4 is 31.3 Å². The molecule has 0 aromatic heterocycles. The number of halogens is 20. The van der Waals surface area contributed by atoms with Crippen LogP contribution in [-0.2, 0) is 10.9 Å². The molecule has 7 rings (SSSR count). The van der Waals surface area contributed by atoms with Gasteiger partial charge in [0.15, 0.2) is 75.6 Å². The van der Waals surface area contributed by atoms with E-state index in [1.807, 2.05) is 0 Å². The topological polar surface area (TPSA) is 18.5 Å². The molecular formula is C46H31BF20O2S. The van der Waals surface area contributed by atoms with Crippen molar-refractivity contribution >= 4 is 49.7 Å². The second kappa shape index (κ2) is 21.3. The summed E-state index contributed by atoms with van der Waals surface area (Å²) in [7, 11) is 0.322. The third kappa shape index (κ3) is 8.96. The van der Waals surface area contributed by atoms with E-state index in [2.05, 4.69) is 44.2 Å². The fourth-order valence-corrected chi connectivity index (χ4v) is 10.8. The maximum Gasteiger partial charge on any atom is 0.204 e. The molecule has 0 aliphatic carbocycles. The van der Waals surface area contributed by atoms with E-state index in [0.717, 1.165) is 44.0 Å². The molecule has 1 saturated heterocycles. The molecule has 1 heterocycles. The molecule has 1 aliphatic heterocycles. The van der Waals surface area contributed by atoms with Gasteiger partial charge in [0.1, 0.15) is 69.9 Å². The van der Waals surface area contributed by atoms with Crippen LogP contribution in [0.5, 0.6) is 11.5 Å². The number of hydrogen-bond acceptors (Lipinski definition) is 2. The Balaban J connectivity index is 0.000000270. The van der Waals surface area contributed by atoms with Gasteiger partial charge in [0.05, 0.1) is 13.2 Å². The Labute approximate surface area is 386 Å². The van der Waals surface area contributed by atoms with Gasteiger partial charge in [-0.25, -0.2) is 87.8 Å². The Hall–Kier alpha value is -5.81. The van der Waals surface area contributed by atoms with Crippen molar-refractivity contribution in [1.82, 2.24) is 0 Å². The molecule has 70 heavy (non-hydrogen) atoms. The van der Waals surface area contributed by atoms with Crippen molar-refractivity contribution in [2.75, 3.05) is 24.7 Å². The van der Waals surface area contributed by atoms with E-state index in [-0.39, 0.29) is 0 Å². The van der Waals surface area contributed by atoms with Crippen molar-refractivity contribution < 1.29 is 97.3 Å². The summed E-state index contributed by atoms with van der Waals surface area (Å²) in [5.74, 6) is -66.7. The van der Waals surface area contributed by atoms with Gasteiger partial charge >= 0.3 is 0 Å². The minimum absolute atomic E-state index is 0.322. The van der Waals surface area contributed by atoms with E-state index >= 15 is 35.1 Å². The number of benzene rings is 6. The zero-order valence-electron chi connectivity index (χ0n) is 35.8. The van der Waals surface area contributed by atoms with Crippen LogP contribution in [0.1, 0.15) is 52.4 Å². The summed E-state index contributed by atoms with van der Waals surface area (Å²) < 4.78 is 306. The van der Waals surface area contributed by atoms with Crippen molar-refractivity contribution in [1.29, 1.82) is 0 Å². The number of fused-ring (bicyclic) bond motifs is 1. The lowest BCUT2D eigenvalue weighted by Gasteiger charge is -2.44. The smallest absolute Gasteiger partial charge is 0.204 e. The van der Waals surface area contributed by atoms with E-state index < -0.39 is 144 Å². The lowest BCUT2D eigenvalue weighted by Crippen LogP contribution is -2.81. The predicted octanol–water partition coefficient (Wildman–Crippen LogP) is 11.8. The molecular weight excluding hydrogens is 1010 g/mol. The van der Waals surface area contributed by atoms with E-state index in [0.29, 0.717) is 10.9 Å². The lowest BCUT2D eigenvalue weighted by atomic mass is 9.12. The second-order valence-electron chi connectivity index (χ2n) is 15.6. The normalized spacial score (nSPS) is 13.1. The Kier molecular flexibility index (Phi) is 16.3. The largest absolute Gasteiger partial charge is 0.494 e. The Morgan fingerprint density at radius 1 is 0.400 bits per heavy atom. The standard InChI is InChI=1S/C24BF20.C22H31O2S/c26-5-1(6(27)14(35)21(42)13(5)34)25(2-7(28)15(36)22(43)16(37)8(2)29,3-9(30)17(38)23(44)18(39)10(3)31)4-11(32)19(40)24(45)20(41)12(4)33;1-3-5-13-23-19-11-9-18-10-12-21(24-14-6-4-2)22(20(18)17-19)25-15-7-8-16-25/h;9-12,17H,3-8,13-16H2,1-2H3/q-1;+1. The molecule has 0 bridgehead atoms. The molecule has 0 amide bonds. The first-order valence-electron chi connectivity index (χ1n) is 20.8. The van der Waals surface area contributed by atoms with E-state index in [1.165, 1.54) is 46.4 Å². The minimum atomic E-state index is -7.22. The summed E-state index contributed by atoms with van der Waals surface area (Å²) in [6.07, 6.45) is 0.0367. The average molecular weight is 1040 g/mol. The number of hydrogen-bond donors (Lipinski definition) is 0. The van der Waals surface area contributed by atoms with Crippen LogP contribution in [-0.4, -0.2) is 30.9 Å². The van der Waals surface area contributed by atoms with Gasteiger partial charge in [-0.2, -0.15) is 0 Å². The van der Waals surface area contributed by atoms with Gasteiger partial charge in [-0.1, -0.05) is 38.8 Å². The minimum Gasteiger partial charge on any atom is -0.494 e. The third-order valence-electron chi connectivity index (χ3n) is 11.5. The summed E-state index contributed by atoms with van der Waals surface area (Å²) in [5, 5.41) is 2.65. The first-order chi connectivity index (χ1) is 33.0. The highest BCUT2D eigenvalue weighted by molar-refractivity contribution is 7.97. The number of ether oxygens (including phenoxy) is 2. The van der Waals surface area contributed by atoms with Gasteiger partial charge < -0.3 is 9.47 Å². The molecule has 0 N–H and O–H groups in total. The van der Waals surface area contributed by atoms with Crippen LogP contribution in [0, 0.1) is 116 Å². The Morgan fingerprint density at radius 2 is 0.700 bits per heavy atom. The summed E-state index contributed by atoms with van der Waals surface area (Å²) in [6, 6.07) is 11.0. The molecule has 24 heteroatoms. The maximum atomic E-state index is 15.4. The van der Waals surface area contributed by atoms with Crippen molar-refractivity contribution in [3.8, 4) is 11.5 Å². The molecule has 0 atom stereocenters. The lowest BCUT2D eigenvalue weighted by molar-refractivity contribution is 0.303. The van der Waals surface area contributed by atoms with Crippen LogP contribution in [0.15, 0.2) is 35.2 Å². The van der Waals surface area contributed by atoms with Gasteiger partial charge in [0, 0.05) is 16.3 Å². The molecule has 1 fully saturated rings. The fraction of sp³-hybridized carbons (Fsp3) is 0.261. The predicted molar refractivity (Wildman–Crippen MR) is 219 cm³/mol. The highest BCUT2D eigenvalue weighted by atomic mass is 32.2. The molecule has 0 radical (unpaired) electrons. The van der Waals surface area contributed by atoms with Crippen LogP contribution in [0.25, 0.3) is 10.8 Å². The molecule has 376 valence electrons. The zero-order valence-corrected chi connectivity index (χ0v) is 36.6. The van der Waals surface area contributed by atoms with Crippen molar-refractivity contribution in [3.63, 3.8) is 0 Å². The number of unbranched alkanes of at least 4 members (excludes halogenated alkanes) is 2. The molecule has 0 spiro atoms. The summed E-state index contributed by atoms with van der Waals surface area (Å²) in [5.41, 5.74) is -14.3. The van der Waals surface area contributed by atoms with Gasteiger partial charge in [-0.3, -0.25) is 0 Å². The van der Waals surface area contributed by atoms with E-state index in [1.54, 1.807) is 0 Å². The fourth-order valence-electron chi connectivity index (χ4n) is 8.15. The van der Waals surface area contributed by atoms with Gasteiger partial charge in [0.2, 0.25) is 4.90 Å². The molecule has 6 aromatic carbocycles. The molecule has 1 aliphatic rings. The maximum absolute atomic E-state index is 15.4. The Bertz CT molecular complexity index is 2610. The summed E-state index contributed by atoms with van der Waals surface area (Å²) in [4.78, 5) is 1.45. The number of rotatable bonds is 13. The van der Waals surface area contributed by atoms with Crippen LogP contribution >= 0.6 is 0 Å². The first-order valence-corrected chi connectivity index (χ1v) is 22.3. The van der Waals surface area contributed by atoms with Crippen molar-refractivity contribution in [3.05, 3.63) is 147 Å². The average Bonchev–Trinajstić information content (AvgIpc) is 3.89. The molecule has 6 aromatic rings. The van der Waals surface area contributed by atoms with Crippen molar-refractivity contribution in [2.45, 2.75) is 57.3 Å². The quantitative estimate of drug-likeness (QED) is 0.0287. The van der Waals surface area contributed by atoms with Gasteiger partial charge in [-0.15, -0.1) is 21.9 Å². The monoisotopic (exact) mass is 1040 g/mol. The molecule has 0 unspecified atom stereocenters. The van der Waals surface area contributed by atoms with Crippen LogP contribution in [0.2, 0.25) is 0 Å². The third-order valence-corrected chi connectivity index (χ3v) is 14.0. The second-order valence-corrected chi connectivity index (χ2v) is 17.8. The molecule has 2 nitrogen and oxygen atoms in total. The molecule has 0 saturated carbocycles. The summed E-state index contributed by atoms with van der Waals surface area (Å²) in [6.45, 7) is 6.03. The van der Waals surface area contributed by atoms with E-state index in [4.69, 9.17) is 9.47 Å². The van der Waals surface area contributed by atoms with Crippen molar-refractivity contribution in [2.24, 2.45) is 0 Å². The first kappa shape index (κ1) is 53.5. The SMILES string of the molecule is CCCCOc1ccc2ccc(OCCCC)c([S+]3CCCC3)c2c1.Fc1c(F)c(F)c([B-](c2c(F)c(F)c(F)c(F)c2F)(c2c(F)c(F)c(F)c(F)c2F)c2c(F)c(F)c(F)c(F)c2F)c(F)c1F. The van der Waals surface area contributed by atoms with Crippen LogP contribution in [0.4, 0.5) is 87.8 Å². The van der Waals surface area contributed by atoms with Gasteiger partial charge in [-0.05, 0) is 49.3 Å². The van der Waals surface area contributed by atoms with Crippen LogP contribution in [0.3, 0.4) is 0 Å². The highest BCUT2D eigenvalue weighted by Crippen LogP contribution is 2.39. The van der Waals surface area contributed by atoms with Gasteiger partial charge in [0.25, 0.3) is 0 Å². The zero-order chi connectivity index (χ0) is 51.8. The Morgan fingerprint density at radius 3 is 1.03 bits per heavy atom. The summed E-state index contributed by atoms with van der Waals surface area (Å²) >= 11 is 0. The van der Waals surface area contributed by atoms with E-state index in [9.17, 15) is 52.7 Å².